The second-order valence-electron chi connectivity index (χ2n) is 8.04. The molecule has 0 radical (unpaired) electrons. The van der Waals surface area contributed by atoms with Gasteiger partial charge in [0.2, 0.25) is 0 Å². The minimum Gasteiger partial charge on any atom is -0.0642 e. The van der Waals surface area contributed by atoms with Crippen molar-refractivity contribution < 1.29 is 0 Å². The van der Waals surface area contributed by atoms with Gasteiger partial charge in [0.1, 0.15) is 0 Å². The summed E-state index contributed by atoms with van der Waals surface area (Å²) in [6, 6.07) is 24.7. The van der Waals surface area contributed by atoms with Gasteiger partial charge in [-0.1, -0.05) is 101 Å². The Morgan fingerprint density at radius 3 is 1.88 bits per heavy atom. The zero-order chi connectivity index (χ0) is 17.4. The molecule has 0 aliphatic carbocycles. The van der Waals surface area contributed by atoms with Crippen LogP contribution >= 0.6 is 0 Å². The lowest BCUT2D eigenvalue weighted by atomic mass is 9.72. The van der Waals surface area contributed by atoms with Gasteiger partial charge in [-0.3, -0.25) is 0 Å². The van der Waals surface area contributed by atoms with E-state index in [0.29, 0.717) is 0 Å². The van der Waals surface area contributed by atoms with Crippen molar-refractivity contribution in [3.8, 4) is 0 Å². The summed E-state index contributed by atoms with van der Waals surface area (Å²) in [5, 5.41) is 2.69. The van der Waals surface area contributed by atoms with E-state index in [-0.39, 0.29) is 10.8 Å². The number of fused-ring (bicyclic) bond motifs is 1. The fourth-order valence-electron chi connectivity index (χ4n) is 3.59. The molecule has 0 N–H and O–H groups in total. The third-order valence-corrected chi connectivity index (χ3v) is 5.48. The first-order valence-corrected chi connectivity index (χ1v) is 8.95. The third kappa shape index (κ3) is 2.86. The summed E-state index contributed by atoms with van der Waals surface area (Å²) in [6.45, 7) is 11.5. The predicted octanol–water partition coefficient (Wildman–Crippen LogP) is 6.85. The molecule has 3 aromatic rings. The normalized spacial score (nSPS) is 14.5. The lowest BCUT2D eigenvalue weighted by Gasteiger charge is -2.32. The molecule has 0 nitrogen and oxygen atoms in total. The highest BCUT2D eigenvalue weighted by Crippen LogP contribution is 2.39. The van der Waals surface area contributed by atoms with E-state index in [1.54, 1.807) is 0 Å². The zero-order valence-electron chi connectivity index (χ0n) is 15.6. The second-order valence-corrected chi connectivity index (χ2v) is 8.04. The molecular formula is C24H28. The molecule has 0 fully saturated rings. The molecule has 124 valence electrons. The van der Waals surface area contributed by atoms with E-state index in [9.17, 15) is 0 Å². The molecule has 0 heterocycles. The third-order valence-electron chi connectivity index (χ3n) is 5.48. The summed E-state index contributed by atoms with van der Waals surface area (Å²) in [5.41, 5.74) is 4.43. The summed E-state index contributed by atoms with van der Waals surface area (Å²) >= 11 is 0. The highest BCUT2D eigenvalue weighted by Gasteiger charge is 2.28. The standard InChI is InChI=1S/C24H28/c1-6-24(5,20-16-14-19(15-17-20)23(2,3)4)22-13-9-11-18-10-7-8-12-21(18)22/h7-17H,6H2,1-5H3. The topological polar surface area (TPSA) is 0 Å². The van der Waals surface area contributed by atoms with Gasteiger partial charge in [0.15, 0.2) is 0 Å². The molecule has 0 heteroatoms. The van der Waals surface area contributed by atoms with Gasteiger partial charge < -0.3 is 0 Å². The Bertz CT molecular complexity index is 829. The number of rotatable bonds is 3. The maximum atomic E-state index is 2.38. The molecule has 0 aliphatic rings. The van der Waals surface area contributed by atoms with Crippen LogP contribution in [0.4, 0.5) is 0 Å². The van der Waals surface area contributed by atoms with Crippen LogP contribution in [-0.2, 0) is 10.8 Å². The van der Waals surface area contributed by atoms with Crippen LogP contribution in [0, 0.1) is 0 Å². The minimum atomic E-state index is 0.0251. The van der Waals surface area contributed by atoms with E-state index in [1.807, 2.05) is 0 Å². The van der Waals surface area contributed by atoms with Crippen LogP contribution in [0.5, 0.6) is 0 Å². The lowest BCUT2D eigenvalue weighted by Crippen LogP contribution is -2.23. The van der Waals surface area contributed by atoms with E-state index in [0.717, 1.165) is 6.42 Å². The van der Waals surface area contributed by atoms with E-state index in [1.165, 1.54) is 27.5 Å². The Balaban J connectivity index is 2.15. The molecule has 0 saturated heterocycles. The highest BCUT2D eigenvalue weighted by atomic mass is 14.3. The predicted molar refractivity (Wildman–Crippen MR) is 106 cm³/mol. The molecule has 1 atom stereocenters. The van der Waals surface area contributed by atoms with E-state index in [2.05, 4.69) is 101 Å². The van der Waals surface area contributed by atoms with Crippen LogP contribution in [0.2, 0.25) is 0 Å². The van der Waals surface area contributed by atoms with Crippen molar-refractivity contribution in [2.24, 2.45) is 0 Å². The van der Waals surface area contributed by atoms with Crippen LogP contribution in [0.15, 0.2) is 66.7 Å². The quantitative estimate of drug-likeness (QED) is 0.495. The maximum absolute atomic E-state index is 2.38. The van der Waals surface area contributed by atoms with Crippen LogP contribution in [0.3, 0.4) is 0 Å². The SMILES string of the molecule is CCC(C)(c1ccc(C(C)(C)C)cc1)c1cccc2ccccc12. The first-order chi connectivity index (χ1) is 11.4. The van der Waals surface area contributed by atoms with Gasteiger partial charge in [-0.05, 0) is 39.3 Å². The average molecular weight is 316 g/mol. The first-order valence-electron chi connectivity index (χ1n) is 8.95. The van der Waals surface area contributed by atoms with Gasteiger partial charge in [-0.15, -0.1) is 0 Å². The number of benzene rings is 3. The maximum Gasteiger partial charge on any atom is 0.0178 e. The highest BCUT2D eigenvalue weighted by molar-refractivity contribution is 5.87. The van der Waals surface area contributed by atoms with Gasteiger partial charge in [0, 0.05) is 5.41 Å². The van der Waals surface area contributed by atoms with Gasteiger partial charge in [0.05, 0.1) is 0 Å². The Labute approximate surface area is 146 Å². The average Bonchev–Trinajstić information content (AvgIpc) is 2.60. The summed E-state index contributed by atoms with van der Waals surface area (Å²) in [7, 11) is 0. The lowest BCUT2D eigenvalue weighted by molar-refractivity contribution is 0.551. The van der Waals surface area contributed by atoms with Crippen molar-refractivity contribution in [2.45, 2.75) is 51.9 Å². The van der Waals surface area contributed by atoms with Crippen molar-refractivity contribution in [2.75, 3.05) is 0 Å². The summed E-state index contributed by atoms with van der Waals surface area (Å²) in [4.78, 5) is 0. The van der Waals surface area contributed by atoms with Crippen molar-refractivity contribution in [1.29, 1.82) is 0 Å². The molecule has 0 saturated carbocycles. The van der Waals surface area contributed by atoms with E-state index < -0.39 is 0 Å². The first kappa shape index (κ1) is 16.8. The Kier molecular flexibility index (Phi) is 4.25. The fraction of sp³-hybridized carbons (Fsp3) is 0.333. The van der Waals surface area contributed by atoms with Gasteiger partial charge in [-0.25, -0.2) is 0 Å². The van der Waals surface area contributed by atoms with Gasteiger partial charge in [0.25, 0.3) is 0 Å². The molecule has 3 rings (SSSR count). The van der Waals surface area contributed by atoms with Crippen molar-refractivity contribution in [3.63, 3.8) is 0 Å². The smallest absolute Gasteiger partial charge is 0.0178 e. The van der Waals surface area contributed by atoms with E-state index in [4.69, 9.17) is 0 Å². The number of hydrogen-bond donors (Lipinski definition) is 0. The van der Waals surface area contributed by atoms with Crippen LogP contribution in [0.25, 0.3) is 10.8 Å². The molecule has 0 spiro atoms. The van der Waals surface area contributed by atoms with Crippen molar-refractivity contribution in [1.82, 2.24) is 0 Å². The van der Waals surface area contributed by atoms with Crippen LogP contribution in [0.1, 0.15) is 57.7 Å². The Morgan fingerprint density at radius 1 is 0.667 bits per heavy atom. The molecular weight excluding hydrogens is 288 g/mol. The molecule has 1 unspecified atom stereocenters. The summed E-state index contributed by atoms with van der Waals surface area (Å²) < 4.78 is 0. The number of hydrogen-bond acceptors (Lipinski definition) is 0. The summed E-state index contributed by atoms with van der Waals surface area (Å²) in [5.74, 6) is 0. The Hall–Kier alpha value is -2.08. The minimum absolute atomic E-state index is 0.0251. The molecule has 0 amide bonds. The van der Waals surface area contributed by atoms with Gasteiger partial charge >= 0.3 is 0 Å². The zero-order valence-corrected chi connectivity index (χ0v) is 15.6. The van der Waals surface area contributed by atoms with Crippen molar-refractivity contribution in [3.05, 3.63) is 83.4 Å². The largest absolute Gasteiger partial charge is 0.0642 e. The van der Waals surface area contributed by atoms with Crippen molar-refractivity contribution >= 4 is 10.8 Å². The van der Waals surface area contributed by atoms with Crippen LogP contribution < -0.4 is 0 Å². The van der Waals surface area contributed by atoms with Gasteiger partial charge in [-0.2, -0.15) is 0 Å². The Morgan fingerprint density at radius 2 is 1.25 bits per heavy atom. The monoisotopic (exact) mass is 316 g/mol. The molecule has 3 aromatic carbocycles. The summed E-state index contributed by atoms with van der Waals surface area (Å²) in [6.07, 6.45) is 1.08. The molecule has 24 heavy (non-hydrogen) atoms. The fourth-order valence-corrected chi connectivity index (χ4v) is 3.59. The van der Waals surface area contributed by atoms with Crippen LogP contribution in [-0.4, -0.2) is 0 Å². The van der Waals surface area contributed by atoms with E-state index >= 15 is 0 Å². The molecule has 0 bridgehead atoms. The molecule has 0 aromatic heterocycles. The molecule has 0 aliphatic heterocycles. The second kappa shape index (κ2) is 6.09.